The van der Waals surface area contributed by atoms with Crippen LogP contribution in [0.4, 0.5) is 0 Å². The van der Waals surface area contributed by atoms with Crippen molar-refractivity contribution in [3.05, 3.63) is 95.8 Å². The molecule has 1 N–H and O–H groups in total. The van der Waals surface area contributed by atoms with Gasteiger partial charge in [-0.25, -0.2) is 13.1 Å². The van der Waals surface area contributed by atoms with E-state index in [1.807, 2.05) is 60.7 Å². The Morgan fingerprint density at radius 2 is 1.90 bits per heavy atom. The summed E-state index contributed by atoms with van der Waals surface area (Å²) in [5, 5.41) is 0.850. The molecule has 1 saturated heterocycles. The van der Waals surface area contributed by atoms with Crippen LogP contribution in [-0.2, 0) is 28.0 Å². The van der Waals surface area contributed by atoms with Crippen LogP contribution in [0.15, 0.2) is 79.1 Å². The van der Waals surface area contributed by atoms with Gasteiger partial charge in [0, 0.05) is 26.0 Å². The third-order valence-electron chi connectivity index (χ3n) is 5.23. The lowest BCUT2D eigenvalue weighted by Crippen LogP contribution is -2.39. The molecule has 2 unspecified atom stereocenters. The highest BCUT2D eigenvalue weighted by Gasteiger charge is 2.43. The molecule has 0 radical (unpaired) electrons. The van der Waals surface area contributed by atoms with Gasteiger partial charge in [0.15, 0.2) is 0 Å². The number of nitrogens with zero attached hydrogens (tertiary/aromatic N) is 2. The van der Waals surface area contributed by atoms with E-state index in [0.29, 0.717) is 12.4 Å². The molecule has 2 atom stereocenters. The molecule has 1 aliphatic rings. The first-order valence-corrected chi connectivity index (χ1v) is 11.6. The van der Waals surface area contributed by atoms with E-state index in [1.165, 1.54) is 0 Å². The summed E-state index contributed by atoms with van der Waals surface area (Å²) in [7, 11) is -1.89. The number of nitrogens with one attached hydrogen (secondary N) is 1. The molecule has 0 saturated carbocycles. The minimum Gasteiger partial charge on any atom is -0.489 e. The highest BCUT2D eigenvalue weighted by atomic mass is 32.2. The van der Waals surface area contributed by atoms with E-state index in [9.17, 15) is 8.42 Å². The SMILES string of the molecule is CN1OCC(S(=O)(=O)NCc2cccnc2)C1c1cccc(OCc2ccccc2)c1. The quantitative estimate of drug-likeness (QED) is 0.581. The first kappa shape index (κ1) is 21.5. The fourth-order valence-electron chi connectivity index (χ4n) is 3.60. The van der Waals surface area contributed by atoms with E-state index < -0.39 is 21.3 Å². The summed E-state index contributed by atoms with van der Waals surface area (Å²) in [6.45, 7) is 0.706. The van der Waals surface area contributed by atoms with Crippen molar-refractivity contribution in [2.45, 2.75) is 24.4 Å². The number of aromatic nitrogens is 1. The smallest absolute Gasteiger partial charge is 0.219 e. The fraction of sp³-hybridized carbons (Fsp3) is 0.261. The van der Waals surface area contributed by atoms with Crippen molar-refractivity contribution in [1.82, 2.24) is 14.8 Å². The predicted molar refractivity (Wildman–Crippen MR) is 117 cm³/mol. The van der Waals surface area contributed by atoms with E-state index >= 15 is 0 Å². The van der Waals surface area contributed by atoms with Crippen LogP contribution in [-0.4, -0.2) is 37.4 Å². The van der Waals surface area contributed by atoms with Crippen LogP contribution >= 0.6 is 0 Å². The minimum absolute atomic E-state index is 0.0820. The van der Waals surface area contributed by atoms with Crippen LogP contribution in [0.3, 0.4) is 0 Å². The number of pyridine rings is 1. The van der Waals surface area contributed by atoms with Gasteiger partial charge in [0.2, 0.25) is 10.0 Å². The summed E-state index contributed by atoms with van der Waals surface area (Å²) >= 11 is 0. The Kier molecular flexibility index (Phi) is 6.62. The van der Waals surface area contributed by atoms with Crippen molar-refractivity contribution in [3.63, 3.8) is 0 Å². The van der Waals surface area contributed by atoms with Gasteiger partial charge in [0.05, 0.1) is 12.6 Å². The van der Waals surface area contributed by atoms with E-state index in [-0.39, 0.29) is 13.2 Å². The molecule has 4 rings (SSSR count). The van der Waals surface area contributed by atoms with E-state index in [4.69, 9.17) is 9.57 Å². The van der Waals surface area contributed by atoms with Crippen LogP contribution in [0.25, 0.3) is 0 Å². The Morgan fingerprint density at radius 1 is 1.10 bits per heavy atom. The minimum atomic E-state index is -3.64. The average Bonchev–Trinajstić information content (AvgIpc) is 3.20. The lowest BCUT2D eigenvalue weighted by molar-refractivity contribution is -0.110. The van der Waals surface area contributed by atoms with Crippen LogP contribution in [0.5, 0.6) is 5.75 Å². The molecular weight excluding hydrogens is 414 g/mol. The second-order valence-electron chi connectivity index (χ2n) is 7.40. The van der Waals surface area contributed by atoms with Crippen LogP contribution in [0, 0.1) is 0 Å². The number of rotatable bonds is 8. The Labute approximate surface area is 182 Å². The molecule has 1 fully saturated rings. The van der Waals surface area contributed by atoms with Crippen LogP contribution in [0.1, 0.15) is 22.7 Å². The summed E-state index contributed by atoms with van der Waals surface area (Å²) in [4.78, 5) is 9.63. The first-order chi connectivity index (χ1) is 15.0. The zero-order chi connectivity index (χ0) is 21.7. The van der Waals surface area contributed by atoms with E-state index in [1.54, 1.807) is 30.6 Å². The lowest BCUT2D eigenvalue weighted by Gasteiger charge is -2.23. The van der Waals surface area contributed by atoms with Crippen LogP contribution < -0.4 is 9.46 Å². The Morgan fingerprint density at radius 3 is 2.68 bits per heavy atom. The van der Waals surface area contributed by atoms with Gasteiger partial charge in [-0.1, -0.05) is 48.5 Å². The maximum Gasteiger partial charge on any atom is 0.219 e. The number of sulfonamides is 1. The summed E-state index contributed by atoms with van der Waals surface area (Å²) < 4.78 is 34.7. The third kappa shape index (κ3) is 5.29. The number of hydrogen-bond acceptors (Lipinski definition) is 6. The molecule has 1 aromatic heterocycles. The zero-order valence-electron chi connectivity index (χ0n) is 17.2. The second-order valence-corrected chi connectivity index (χ2v) is 9.38. The maximum atomic E-state index is 13.1. The molecule has 3 aromatic rings. The first-order valence-electron chi connectivity index (χ1n) is 10.0. The zero-order valence-corrected chi connectivity index (χ0v) is 18.0. The lowest BCUT2D eigenvalue weighted by atomic mass is 10.0. The van der Waals surface area contributed by atoms with Gasteiger partial charge in [-0.15, -0.1) is 0 Å². The van der Waals surface area contributed by atoms with Crippen molar-refractivity contribution in [3.8, 4) is 5.75 Å². The van der Waals surface area contributed by atoms with Gasteiger partial charge in [0.25, 0.3) is 0 Å². The Balaban J connectivity index is 1.49. The molecule has 1 aliphatic heterocycles. The Bertz CT molecular complexity index is 1090. The number of hydroxylamine groups is 2. The summed E-state index contributed by atoms with van der Waals surface area (Å²) in [5.41, 5.74) is 2.68. The molecule has 0 bridgehead atoms. The van der Waals surface area contributed by atoms with Gasteiger partial charge in [-0.2, -0.15) is 5.06 Å². The topological polar surface area (TPSA) is 80.8 Å². The highest BCUT2D eigenvalue weighted by Crippen LogP contribution is 2.34. The van der Waals surface area contributed by atoms with Crippen molar-refractivity contribution >= 4 is 10.0 Å². The van der Waals surface area contributed by atoms with E-state index in [0.717, 1.165) is 16.7 Å². The van der Waals surface area contributed by atoms with Crippen molar-refractivity contribution in [2.75, 3.05) is 13.7 Å². The van der Waals surface area contributed by atoms with Crippen molar-refractivity contribution < 1.29 is 18.0 Å². The van der Waals surface area contributed by atoms with Crippen molar-refractivity contribution in [2.24, 2.45) is 0 Å². The molecular formula is C23H25N3O4S. The second kappa shape index (κ2) is 9.57. The third-order valence-corrected chi connectivity index (χ3v) is 6.97. The summed E-state index contributed by atoms with van der Waals surface area (Å²) in [6.07, 6.45) is 3.30. The number of hydrogen-bond donors (Lipinski definition) is 1. The number of benzene rings is 2. The number of ether oxygens (including phenoxy) is 1. The van der Waals surface area contributed by atoms with Crippen LogP contribution in [0.2, 0.25) is 0 Å². The highest BCUT2D eigenvalue weighted by molar-refractivity contribution is 7.90. The summed E-state index contributed by atoms with van der Waals surface area (Å²) in [6, 6.07) is 20.6. The molecule has 7 nitrogen and oxygen atoms in total. The fourth-order valence-corrected chi connectivity index (χ4v) is 5.09. The molecule has 0 aliphatic carbocycles. The summed E-state index contributed by atoms with van der Waals surface area (Å²) in [5.74, 6) is 0.682. The average molecular weight is 440 g/mol. The van der Waals surface area contributed by atoms with Gasteiger partial charge in [-0.3, -0.25) is 9.82 Å². The van der Waals surface area contributed by atoms with Crippen molar-refractivity contribution in [1.29, 1.82) is 0 Å². The standard InChI is InChI=1S/C23H25N3O4S/c1-26-23(20-10-5-11-21(13-20)29-16-18-7-3-2-4-8-18)22(17-30-26)31(27,28)25-15-19-9-6-12-24-14-19/h2-14,22-23,25H,15-17H2,1H3. The molecule has 2 aromatic carbocycles. The monoisotopic (exact) mass is 439 g/mol. The van der Waals surface area contributed by atoms with Gasteiger partial charge in [0.1, 0.15) is 17.6 Å². The van der Waals surface area contributed by atoms with E-state index in [2.05, 4.69) is 9.71 Å². The molecule has 2 heterocycles. The van der Waals surface area contributed by atoms with Gasteiger partial charge in [-0.05, 0) is 34.9 Å². The molecule has 0 amide bonds. The Hall–Kier alpha value is -2.78. The van der Waals surface area contributed by atoms with Gasteiger partial charge >= 0.3 is 0 Å². The maximum absolute atomic E-state index is 13.1. The van der Waals surface area contributed by atoms with Gasteiger partial charge < -0.3 is 4.74 Å². The molecule has 31 heavy (non-hydrogen) atoms. The largest absolute Gasteiger partial charge is 0.489 e. The normalized spacial score (nSPS) is 19.4. The molecule has 162 valence electrons. The molecule has 0 spiro atoms. The molecule has 8 heteroatoms. The predicted octanol–water partition coefficient (Wildman–Crippen LogP) is 3.07.